The third-order valence-corrected chi connectivity index (χ3v) is 15.2. The first-order chi connectivity index (χ1) is 44.2. The van der Waals surface area contributed by atoms with Crippen LogP contribution in [0.4, 0.5) is 22.7 Å². The molecule has 13 rings (SSSR count). The van der Waals surface area contributed by atoms with Gasteiger partial charge in [-0.05, 0) is 95.7 Å². The van der Waals surface area contributed by atoms with Gasteiger partial charge >= 0.3 is 6.01 Å². The van der Waals surface area contributed by atoms with E-state index in [-0.39, 0.29) is 38.8 Å². The molecule has 4 heterocycles. The standard InChI is InChI=1S/C75H65N7O/c1-73(2,3)53-38-34-51(35-39-53)70-77-71(52-36-40-54(41-37-52)74(4,5)6)79-72(78-70)62-46-61-58-29-16-17-30-63(58)82(68-33-20-21-42-76-68)66(61)47-67(62)83-57-28-22-27-56(45-57)80-48-81(65-32-19-18-31-64(65)80)69-59(49-23-12-10-13-24-49)43-55(75(7,8)9)44-60(69)50-25-14-11-15-26-50/h10-47H,1-9H3/q+2/i10D,11D,12D,13D,14D,15D,23D,24D,25D,26D. The first kappa shape index (κ1) is 42.0. The van der Waals surface area contributed by atoms with E-state index in [1.807, 2.05) is 106 Å². The molecule has 1 aliphatic heterocycles. The van der Waals surface area contributed by atoms with E-state index in [1.54, 1.807) is 27.5 Å². The molecule has 0 saturated heterocycles. The highest BCUT2D eigenvalue weighted by molar-refractivity contribution is 6.11. The summed E-state index contributed by atoms with van der Waals surface area (Å²) in [5.41, 5.74) is 7.87. The van der Waals surface area contributed by atoms with Gasteiger partial charge in [-0.2, -0.15) is 0 Å². The molecule has 0 aliphatic carbocycles. The van der Waals surface area contributed by atoms with Gasteiger partial charge in [-0.25, -0.2) is 19.9 Å². The van der Waals surface area contributed by atoms with Crippen LogP contribution in [0.25, 0.3) is 84.0 Å². The fourth-order valence-electron chi connectivity index (χ4n) is 10.7. The van der Waals surface area contributed by atoms with Crippen LogP contribution in [-0.2, 0) is 16.2 Å². The van der Waals surface area contributed by atoms with Crippen molar-refractivity contribution in [3.8, 4) is 73.7 Å². The summed E-state index contributed by atoms with van der Waals surface area (Å²) in [5.74, 6) is 2.83. The molecular weight excluding hydrogens is 1010 g/mol. The average molecular weight is 1090 g/mol. The molecule has 3 aromatic heterocycles. The molecule has 0 atom stereocenters. The maximum Gasteiger partial charge on any atom is 0.503 e. The third-order valence-electron chi connectivity index (χ3n) is 15.2. The molecule has 0 amide bonds. The number of nitrogens with zero attached hydrogens (tertiary/aromatic N) is 7. The Labute approximate surface area is 500 Å². The van der Waals surface area contributed by atoms with Gasteiger partial charge in [0.2, 0.25) is 11.4 Å². The highest BCUT2D eigenvalue weighted by atomic mass is 16.5. The summed E-state index contributed by atoms with van der Waals surface area (Å²) in [6.45, 7) is 18.9. The van der Waals surface area contributed by atoms with Crippen LogP contribution < -0.4 is 13.9 Å². The van der Waals surface area contributed by atoms with E-state index in [1.165, 1.54) is 0 Å². The second-order valence-corrected chi connectivity index (χ2v) is 23.9. The van der Waals surface area contributed by atoms with Crippen LogP contribution in [0.5, 0.6) is 11.5 Å². The van der Waals surface area contributed by atoms with Gasteiger partial charge < -0.3 is 4.74 Å². The Hall–Kier alpha value is -9.88. The minimum atomic E-state index is -0.671. The van der Waals surface area contributed by atoms with Gasteiger partial charge in [0, 0.05) is 52.4 Å². The van der Waals surface area contributed by atoms with Crippen LogP contribution in [0.3, 0.4) is 0 Å². The zero-order chi connectivity index (χ0) is 65.9. The fourth-order valence-corrected chi connectivity index (χ4v) is 10.7. The van der Waals surface area contributed by atoms with E-state index in [4.69, 9.17) is 32.9 Å². The maximum absolute atomic E-state index is 9.40. The van der Waals surface area contributed by atoms with E-state index >= 15 is 0 Å². The summed E-state index contributed by atoms with van der Waals surface area (Å²) in [7, 11) is 0. The number of rotatable bonds is 10. The Bertz CT molecular complexity index is 4930. The van der Waals surface area contributed by atoms with Gasteiger partial charge in [0.25, 0.3) is 11.4 Å². The summed E-state index contributed by atoms with van der Waals surface area (Å²) < 4.78 is 103. The van der Waals surface area contributed by atoms with E-state index in [0.29, 0.717) is 63.0 Å². The van der Waals surface area contributed by atoms with Crippen molar-refractivity contribution in [2.24, 2.45) is 0 Å². The van der Waals surface area contributed by atoms with Crippen LogP contribution in [0.2, 0.25) is 0 Å². The van der Waals surface area contributed by atoms with Gasteiger partial charge in [-0.1, -0.05) is 214 Å². The Morgan fingerprint density at radius 1 is 0.446 bits per heavy atom. The molecule has 0 bridgehead atoms. The predicted octanol–water partition coefficient (Wildman–Crippen LogP) is 19.2. The molecule has 12 aromatic rings. The lowest BCUT2D eigenvalue weighted by molar-refractivity contribution is 0.484. The number of hydrogen-bond donors (Lipinski definition) is 0. The van der Waals surface area contributed by atoms with Crippen LogP contribution in [-0.4, -0.2) is 30.5 Å². The molecule has 0 fully saturated rings. The van der Waals surface area contributed by atoms with Gasteiger partial charge in [-0.15, -0.1) is 0 Å². The number of hydrogen-bond acceptors (Lipinski definition) is 5. The smallest absolute Gasteiger partial charge is 0.456 e. The highest BCUT2D eigenvalue weighted by Crippen LogP contribution is 2.48. The van der Waals surface area contributed by atoms with Crippen molar-refractivity contribution in [2.75, 3.05) is 0 Å². The van der Waals surface area contributed by atoms with Crippen LogP contribution >= 0.6 is 0 Å². The van der Waals surface area contributed by atoms with E-state index in [9.17, 15) is 5.48 Å². The average Bonchev–Trinajstić information content (AvgIpc) is 1.71. The number of benzene rings is 9. The second-order valence-electron chi connectivity index (χ2n) is 23.9. The first-order valence-corrected chi connectivity index (χ1v) is 27.7. The largest absolute Gasteiger partial charge is 0.503 e. The predicted molar refractivity (Wildman–Crippen MR) is 343 cm³/mol. The molecule has 404 valence electrons. The monoisotopic (exact) mass is 1090 g/mol. The normalized spacial score (nSPS) is 14.3. The third kappa shape index (κ3) is 10.0. The molecule has 1 aliphatic rings. The summed E-state index contributed by atoms with van der Waals surface area (Å²) in [6.07, 6.45) is 1.77. The Balaban J connectivity index is 1.06. The number of para-hydroxylation sites is 3. The van der Waals surface area contributed by atoms with Crippen molar-refractivity contribution < 1.29 is 18.4 Å². The molecule has 9 aromatic carbocycles. The minimum absolute atomic E-state index is 0.0932. The van der Waals surface area contributed by atoms with Gasteiger partial charge in [0.1, 0.15) is 17.3 Å². The van der Waals surface area contributed by atoms with Crippen molar-refractivity contribution in [1.82, 2.24) is 33.7 Å². The molecule has 0 spiro atoms. The van der Waals surface area contributed by atoms with E-state index < -0.39 is 65.8 Å². The SMILES string of the molecule is [2H]c1c([2H])c([2H])c(-c2cc(C(C)(C)C)cc(-c3c([2H])c([2H])c([2H])c([2H])c3[2H])c2[N+]2=C=[N+](c3cccc(Oc4cc5c(cc4-c4nc(-c6ccc(C(C)(C)C)cc6)nc(-c6ccc(C(C)(C)C)cc6)n4)c4ccccc4n5-c4ccccn4)c3)c3ccccc32)c([2H])c1[2H]. The second kappa shape index (κ2) is 20.6. The zero-order valence-corrected chi connectivity index (χ0v) is 47.7. The minimum Gasteiger partial charge on any atom is -0.456 e. The molecule has 0 saturated carbocycles. The van der Waals surface area contributed by atoms with E-state index in [0.717, 1.165) is 44.1 Å². The molecular formula is C75H65N7O+2. The summed E-state index contributed by atoms with van der Waals surface area (Å²) in [6, 6.07) is 51.3. The highest BCUT2D eigenvalue weighted by Gasteiger charge is 2.40. The van der Waals surface area contributed by atoms with Crippen LogP contribution in [0.1, 0.15) is 92.7 Å². The van der Waals surface area contributed by atoms with E-state index in [2.05, 4.69) is 119 Å². The van der Waals surface area contributed by atoms with Gasteiger partial charge in [0.15, 0.2) is 17.5 Å². The van der Waals surface area contributed by atoms with Crippen LogP contribution in [0, 0.1) is 0 Å². The Morgan fingerprint density at radius 3 is 1.55 bits per heavy atom. The zero-order valence-electron chi connectivity index (χ0n) is 57.7. The topological polar surface area (TPSA) is 71.7 Å². The van der Waals surface area contributed by atoms with Gasteiger partial charge in [-0.3, -0.25) is 4.57 Å². The quantitative estimate of drug-likeness (QED) is 0.128. The Kier molecular flexibility index (Phi) is 10.4. The number of ether oxygens (including phenoxy) is 1. The lowest BCUT2D eigenvalue weighted by Crippen LogP contribution is -2.13. The summed E-state index contributed by atoms with van der Waals surface area (Å²) in [4.78, 5) is 20.7. The molecule has 8 heteroatoms. The molecule has 8 nitrogen and oxygen atoms in total. The molecule has 0 N–H and O–H groups in total. The molecule has 0 radical (unpaired) electrons. The summed E-state index contributed by atoms with van der Waals surface area (Å²) in [5, 5.41) is 1.87. The molecule has 0 unspecified atom stereocenters. The first-order valence-electron chi connectivity index (χ1n) is 32.7. The lowest BCUT2D eigenvalue weighted by atomic mass is 9.82. The molecule has 83 heavy (non-hydrogen) atoms. The lowest BCUT2D eigenvalue weighted by Gasteiger charge is -2.22. The van der Waals surface area contributed by atoms with Gasteiger partial charge in [0.05, 0.1) is 47.5 Å². The fraction of sp³-hybridized carbons (Fsp3) is 0.160. The maximum atomic E-state index is 9.40. The van der Waals surface area contributed by atoms with Crippen LogP contribution in [0.15, 0.2) is 230 Å². The Morgan fingerprint density at radius 2 is 0.988 bits per heavy atom. The van der Waals surface area contributed by atoms with Crippen molar-refractivity contribution in [2.45, 2.75) is 78.6 Å². The number of pyridine rings is 1. The van der Waals surface area contributed by atoms with Crippen molar-refractivity contribution in [3.63, 3.8) is 0 Å². The van der Waals surface area contributed by atoms with Crippen molar-refractivity contribution in [3.05, 3.63) is 247 Å². The number of fused-ring (bicyclic) bond motifs is 4. The van der Waals surface area contributed by atoms with Crippen molar-refractivity contribution in [1.29, 1.82) is 0 Å². The van der Waals surface area contributed by atoms with Crippen molar-refractivity contribution >= 4 is 50.6 Å². The summed E-state index contributed by atoms with van der Waals surface area (Å²) >= 11 is 0. The number of aromatic nitrogens is 5.